The van der Waals surface area contributed by atoms with Crippen molar-refractivity contribution in [1.82, 2.24) is 0 Å². The van der Waals surface area contributed by atoms with Crippen molar-refractivity contribution in [3.63, 3.8) is 0 Å². The van der Waals surface area contributed by atoms with Crippen LogP contribution in [-0.4, -0.2) is 27.2 Å². The van der Waals surface area contributed by atoms with Gasteiger partial charge in [0.15, 0.2) is 11.4 Å². The van der Waals surface area contributed by atoms with Gasteiger partial charge in [0.05, 0.1) is 5.60 Å². The van der Waals surface area contributed by atoms with E-state index in [2.05, 4.69) is 18.2 Å². The summed E-state index contributed by atoms with van der Waals surface area (Å²) in [6.45, 7) is 4.10. The van der Waals surface area contributed by atoms with E-state index in [1.807, 2.05) is 6.92 Å². The smallest absolute Gasteiger partial charge is 0.296 e. The number of hydrogen-bond acceptors (Lipinski definition) is 5. The summed E-state index contributed by atoms with van der Waals surface area (Å²) in [7, 11) is 0. The van der Waals surface area contributed by atoms with Crippen LogP contribution in [0.1, 0.15) is 65.2 Å². The Morgan fingerprint density at radius 1 is 1.21 bits per heavy atom. The van der Waals surface area contributed by atoms with Crippen molar-refractivity contribution in [2.45, 2.75) is 76.4 Å². The van der Waals surface area contributed by atoms with E-state index in [-0.39, 0.29) is 17.6 Å². The molecule has 3 fully saturated rings. The van der Waals surface area contributed by atoms with Gasteiger partial charge in [-0.2, -0.15) is 0 Å². The number of carbonyl (C=O) groups excluding carboxylic acids is 1. The third-order valence-electron chi connectivity index (χ3n) is 8.75. The van der Waals surface area contributed by atoms with E-state index in [1.165, 1.54) is 0 Å². The second-order valence-corrected chi connectivity index (χ2v) is 9.65. The highest BCUT2D eigenvalue weighted by molar-refractivity contribution is 6.30. The molecule has 152 valence electrons. The van der Waals surface area contributed by atoms with Crippen LogP contribution in [0.5, 0.6) is 0 Å². The summed E-state index contributed by atoms with van der Waals surface area (Å²) in [6.07, 6.45) is 6.64. The molecule has 0 radical (unpaired) electrons. The molecule has 0 amide bonds. The molecule has 1 N–H and O–H groups in total. The molecule has 0 saturated heterocycles. The van der Waals surface area contributed by atoms with Crippen LogP contribution in [0.2, 0.25) is 0 Å². The van der Waals surface area contributed by atoms with E-state index in [0.29, 0.717) is 38.5 Å². The maximum atomic E-state index is 12.0. The van der Waals surface area contributed by atoms with Crippen molar-refractivity contribution in [1.29, 1.82) is 0 Å². The van der Waals surface area contributed by atoms with Crippen LogP contribution in [-0.2, 0) is 9.63 Å². The van der Waals surface area contributed by atoms with E-state index in [9.17, 15) is 20.0 Å². The van der Waals surface area contributed by atoms with Crippen LogP contribution < -0.4 is 0 Å². The monoisotopic (exact) mass is 407 g/mol. The van der Waals surface area contributed by atoms with E-state index in [0.717, 1.165) is 18.4 Å². The standard InChI is InChI=1S/C21H26ClNO5/c1-18-7-5-15(24)13-14(18)3-4-17-16-6-8-20(11-12-22,28-23(26)27)19(16,2)9-10-21(17,18)25/h13,16-17,25H,3-10H2,1-2H3/t16-,17-,18-,19-,20+,21+/m0/s1. The minimum atomic E-state index is -1.23. The predicted octanol–water partition coefficient (Wildman–Crippen LogP) is 3.78. The number of halogens is 1. The first-order valence-electron chi connectivity index (χ1n) is 10.0. The highest BCUT2D eigenvalue weighted by Gasteiger charge is 2.70. The van der Waals surface area contributed by atoms with Gasteiger partial charge >= 0.3 is 0 Å². The van der Waals surface area contributed by atoms with Gasteiger partial charge in [-0.05, 0) is 74.5 Å². The largest absolute Gasteiger partial charge is 0.389 e. The van der Waals surface area contributed by atoms with Gasteiger partial charge in [0.1, 0.15) is 0 Å². The van der Waals surface area contributed by atoms with Crippen LogP contribution in [0, 0.1) is 44.1 Å². The minimum absolute atomic E-state index is 0.00374. The number of nitrogens with zero attached hydrogens (tertiary/aromatic N) is 1. The molecule has 7 heteroatoms. The molecule has 4 rings (SSSR count). The molecular formula is C21H26ClNO5. The average Bonchev–Trinajstić information content (AvgIpc) is 2.89. The molecule has 0 heterocycles. The molecule has 6 nitrogen and oxygen atoms in total. The van der Waals surface area contributed by atoms with E-state index >= 15 is 0 Å². The number of ketones is 1. The normalized spacial score (nSPS) is 47.0. The van der Waals surface area contributed by atoms with Gasteiger partial charge in [-0.25, -0.2) is 0 Å². The molecule has 0 aromatic rings. The Morgan fingerprint density at radius 3 is 2.64 bits per heavy atom. The predicted molar refractivity (Wildman–Crippen MR) is 103 cm³/mol. The lowest BCUT2D eigenvalue weighted by atomic mass is 9.44. The zero-order chi connectivity index (χ0) is 20.4. The first-order chi connectivity index (χ1) is 13.1. The lowest BCUT2D eigenvalue weighted by molar-refractivity contribution is -0.781. The van der Waals surface area contributed by atoms with Crippen LogP contribution >= 0.6 is 11.6 Å². The fourth-order valence-corrected chi connectivity index (χ4v) is 7.24. The van der Waals surface area contributed by atoms with Gasteiger partial charge in [-0.15, -0.1) is 10.1 Å². The number of fused-ring (bicyclic) bond motifs is 5. The Kier molecular flexibility index (Phi) is 4.37. The molecule has 4 aliphatic carbocycles. The molecule has 28 heavy (non-hydrogen) atoms. The molecule has 0 unspecified atom stereocenters. The summed E-state index contributed by atoms with van der Waals surface area (Å²) in [5, 5.41) is 24.8. The van der Waals surface area contributed by atoms with Crippen LogP contribution in [0.15, 0.2) is 11.6 Å². The van der Waals surface area contributed by atoms with Crippen molar-refractivity contribution >= 4 is 17.4 Å². The summed E-state index contributed by atoms with van der Waals surface area (Å²) in [4.78, 5) is 28.4. The zero-order valence-electron chi connectivity index (χ0n) is 16.3. The fourth-order valence-electron chi connectivity index (χ4n) is 7.08. The molecule has 4 aliphatic rings. The van der Waals surface area contributed by atoms with Crippen molar-refractivity contribution in [3.8, 4) is 11.3 Å². The van der Waals surface area contributed by atoms with Gasteiger partial charge in [-0.1, -0.05) is 25.3 Å². The number of rotatable bonds is 2. The third-order valence-corrected chi connectivity index (χ3v) is 8.84. The van der Waals surface area contributed by atoms with Gasteiger partial charge in [0.25, 0.3) is 5.09 Å². The van der Waals surface area contributed by atoms with Crippen LogP contribution in [0.4, 0.5) is 0 Å². The first kappa shape index (κ1) is 19.7. The molecule has 3 saturated carbocycles. The Hall–Kier alpha value is -1.58. The molecular weight excluding hydrogens is 382 g/mol. The number of carbonyl (C=O) groups is 1. The van der Waals surface area contributed by atoms with Crippen molar-refractivity contribution in [2.24, 2.45) is 22.7 Å². The van der Waals surface area contributed by atoms with Gasteiger partial charge in [0.2, 0.25) is 0 Å². The van der Waals surface area contributed by atoms with Gasteiger partial charge < -0.3 is 5.11 Å². The Bertz CT molecular complexity index is 830. The summed E-state index contributed by atoms with van der Waals surface area (Å²) in [5.41, 5.74) is -2.05. The Morgan fingerprint density at radius 2 is 1.96 bits per heavy atom. The number of aliphatic hydroxyl groups is 1. The highest BCUT2D eigenvalue weighted by atomic mass is 35.5. The van der Waals surface area contributed by atoms with E-state index in [1.54, 1.807) is 6.08 Å². The van der Waals surface area contributed by atoms with Gasteiger partial charge in [-0.3, -0.25) is 9.63 Å². The first-order valence-corrected chi connectivity index (χ1v) is 10.4. The van der Waals surface area contributed by atoms with Gasteiger partial charge in [0, 0.05) is 22.6 Å². The lowest BCUT2D eigenvalue weighted by Gasteiger charge is -2.63. The van der Waals surface area contributed by atoms with Crippen molar-refractivity contribution in [2.75, 3.05) is 0 Å². The van der Waals surface area contributed by atoms with Crippen molar-refractivity contribution < 1.29 is 19.8 Å². The summed E-state index contributed by atoms with van der Waals surface area (Å²) >= 11 is 5.69. The maximum absolute atomic E-state index is 12.0. The maximum Gasteiger partial charge on any atom is 0.296 e. The minimum Gasteiger partial charge on any atom is -0.389 e. The Labute approximate surface area is 169 Å². The quantitative estimate of drug-likeness (QED) is 0.427. The SMILES string of the molecule is C[C@]12CCC(=O)C=C1CC[C@H]1[C@@H]3CC[C@](C#CCl)(O[N+](=O)[O-])[C@@]3(C)CC[C@@]12O. The number of hydrogen-bond donors (Lipinski definition) is 1. The second kappa shape index (κ2) is 6.21. The average molecular weight is 408 g/mol. The Balaban J connectivity index is 1.75. The lowest BCUT2D eigenvalue weighted by Crippen LogP contribution is -2.64. The third kappa shape index (κ3) is 2.35. The molecule has 0 aromatic heterocycles. The molecule has 0 bridgehead atoms. The fraction of sp³-hybridized carbons (Fsp3) is 0.762. The second-order valence-electron chi connectivity index (χ2n) is 9.46. The summed E-state index contributed by atoms with van der Waals surface area (Å²) in [6, 6.07) is 0. The van der Waals surface area contributed by atoms with Crippen LogP contribution in [0.25, 0.3) is 0 Å². The van der Waals surface area contributed by atoms with Crippen molar-refractivity contribution in [3.05, 3.63) is 21.8 Å². The van der Waals surface area contributed by atoms with E-state index in [4.69, 9.17) is 16.4 Å². The molecule has 0 aliphatic heterocycles. The zero-order valence-corrected chi connectivity index (χ0v) is 17.1. The molecule has 6 atom stereocenters. The van der Waals surface area contributed by atoms with Crippen LogP contribution in [0.3, 0.4) is 0 Å². The molecule has 0 aromatic carbocycles. The summed E-state index contributed by atoms with van der Waals surface area (Å²) < 4.78 is 0. The molecule has 0 spiro atoms. The summed E-state index contributed by atoms with van der Waals surface area (Å²) in [5.74, 6) is 3.02. The van der Waals surface area contributed by atoms with E-state index < -0.39 is 27.1 Å². The topological polar surface area (TPSA) is 89.7 Å². The highest BCUT2D eigenvalue weighted by Crippen LogP contribution is 2.69.